The molecule has 27 heavy (non-hydrogen) atoms. The van der Waals surface area contributed by atoms with E-state index in [0.717, 1.165) is 0 Å². The highest BCUT2D eigenvalue weighted by Crippen LogP contribution is 2.34. The molecule has 160 valence electrons. The molecule has 2 nitrogen and oxygen atoms in total. The van der Waals surface area contributed by atoms with Crippen molar-refractivity contribution in [2.75, 3.05) is 13.1 Å². The maximum Gasteiger partial charge on any atom is 0.166 e. The number of nitrogens with zero attached hydrogens (tertiary/aromatic N) is 2. The lowest BCUT2D eigenvalue weighted by Gasteiger charge is -2.38. The molecule has 0 aromatic heterocycles. The molecule has 0 amide bonds. The number of hydrogen-bond donors (Lipinski definition) is 0. The minimum Gasteiger partial charge on any atom is -0.345 e. The fourth-order valence-electron chi connectivity index (χ4n) is 3.99. The maximum absolute atomic E-state index is 3.98. The summed E-state index contributed by atoms with van der Waals surface area (Å²) in [7, 11) is 0. The van der Waals surface area contributed by atoms with E-state index in [1.807, 2.05) is 0 Å². The van der Waals surface area contributed by atoms with Gasteiger partial charge in [0.15, 0.2) is 4.57 Å². The summed E-state index contributed by atoms with van der Waals surface area (Å²) < 4.78 is -0.0182. The molecule has 1 aliphatic rings. The molecule has 0 spiro atoms. The number of halogens is 1. The molecule has 3 heteroatoms. The Balaban J connectivity index is 2.04. The standard InChI is InChI=1S/C24H47BrN2/c1-4-6-8-10-12-13-14-15-17-19-21-27-23-22-26(24(27,3)25)20-18-16-11-9-7-5-2/h22-23H,4-21H2,1-3H3. The van der Waals surface area contributed by atoms with Gasteiger partial charge in [0, 0.05) is 25.5 Å². The van der Waals surface area contributed by atoms with Gasteiger partial charge in [-0.25, -0.2) is 0 Å². The van der Waals surface area contributed by atoms with Crippen LogP contribution < -0.4 is 0 Å². The Hall–Kier alpha value is -0.180. The largest absolute Gasteiger partial charge is 0.345 e. The van der Waals surface area contributed by atoms with E-state index >= 15 is 0 Å². The number of unbranched alkanes of at least 4 members (excludes halogenated alkanes) is 14. The third kappa shape index (κ3) is 10.8. The zero-order valence-corrected chi connectivity index (χ0v) is 20.2. The van der Waals surface area contributed by atoms with E-state index in [1.54, 1.807) is 0 Å². The predicted octanol–water partition coefficient (Wildman–Crippen LogP) is 8.43. The van der Waals surface area contributed by atoms with Crippen LogP contribution in [0.4, 0.5) is 0 Å². The molecule has 0 radical (unpaired) electrons. The summed E-state index contributed by atoms with van der Waals surface area (Å²) in [4.78, 5) is 4.96. The predicted molar refractivity (Wildman–Crippen MR) is 125 cm³/mol. The van der Waals surface area contributed by atoms with Gasteiger partial charge < -0.3 is 9.80 Å². The van der Waals surface area contributed by atoms with Gasteiger partial charge in [-0.2, -0.15) is 0 Å². The minimum absolute atomic E-state index is 0.0182. The molecule has 0 saturated heterocycles. The summed E-state index contributed by atoms with van der Waals surface area (Å²) in [5.74, 6) is 0. The summed E-state index contributed by atoms with van der Waals surface area (Å²) in [5, 5.41) is 0. The lowest BCUT2D eigenvalue weighted by molar-refractivity contribution is 0.139. The zero-order chi connectivity index (χ0) is 19.8. The third-order valence-electron chi connectivity index (χ3n) is 5.98. The second-order valence-corrected chi connectivity index (χ2v) is 10.0. The molecule has 0 N–H and O–H groups in total. The van der Waals surface area contributed by atoms with E-state index in [0.29, 0.717) is 0 Å². The Morgan fingerprint density at radius 2 is 0.852 bits per heavy atom. The number of alkyl halides is 1. The van der Waals surface area contributed by atoms with E-state index in [2.05, 4.69) is 58.9 Å². The van der Waals surface area contributed by atoms with Gasteiger partial charge in [-0.3, -0.25) is 0 Å². The van der Waals surface area contributed by atoms with Crippen molar-refractivity contribution < 1.29 is 0 Å². The Bertz CT molecular complexity index is 367. The zero-order valence-electron chi connectivity index (χ0n) is 18.7. The minimum atomic E-state index is -0.0182. The average Bonchev–Trinajstić information content (AvgIpc) is 2.93. The van der Waals surface area contributed by atoms with Gasteiger partial charge in [0.05, 0.1) is 0 Å². The van der Waals surface area contributed by atoms with Gasteiger partial charge >= 0.3 is 0 Å². The SMILES string of the molecule is CCCCCCCCCCCCN1C=CN(CCCCCCCC)C1(C)Br. The van der Waals surface area contributed by atoms with Crippen molar-refractivity contribution >= 4 is 15.9 Å². The highest BCUT2D eigenvalue weighted by molar-refractivity contribution is 9.10. The first-order valence-electron chi connectivity index (χ1n) is 12.0. The normalized spacial score (nSPS) is 19.4. The molecular formula is C24H47BrN2. The van der Waals surface area contributed by atoms with Gasteiger partial charge in [-0.05, 0) is 35.7 Å². The van der Waals surface area contributed by atoms with Gasteiger partial charge in [0.1, 0.15) is 0 Å². The van der Waals surface area contributed by atoms with Crippen molar-refractivity contribution in [1.82, 2.24) is 9.80 Å². The molecule has 0 saturated carbocycles. The molecule has 0 aromatic carbocycles. The van der Waals surface area contributed by atoms with Crippen LogP contribution in [0.15, 0.2) is 12.4 Å². The average molecular weight is 444 g/mol. The molecular weight excluding hydrogens is 396 g/mol. The van der Waals surface area contributed by atoms with Crippen LogP contribution in [0.3, 0.4) is 0 Å². The Morgan fingerprint density at radius 1 is 0.556 bits per heavy atom. The molecule has 0 aliphatic carbocycles. The van der Waals surface area contributed by atoms with E-state index in [1.165, 1.54) is 116 Å². The Morgan fingerprint density at radius 3 is 1.19 bits per heavy atom. The van der Waals surface area contributed by atoms with Crippen molar-refractivity contribution in [3.8, 4) is 0 Å². The van der Waals surface area contributed by atoms with Crippen molar-refractivity contribution in [1.29, 1.82) is 0 Å². The maximum atomic E-state index is 3.98. The van der Waals surface area contributed by atoms with Crippen LogP contribution in [-0.4, -0.2) is 27.5 Å². The van der Waals surface area contributed by atoms with Crippen LogP contribution in [0.2, 0.25) is 0 Å². The number of rotatable bonds is 18. The fraction of sp³-hybridized carbons (Fsp3) is 0.917. The summed E-state index contributed by atoms with van der Waals surface area (Å²) >= 11 is 3.98. The molecule has 0 bridgehead atoms. The summed E-state index contributed by atoms with van der Waals surface area (Å²) in [6.07, 6.45) is 26.9. The van der Waals surface area contributed by atoms with Gasteiger partial charge in [-0.15, -0.1) is 0 Å². The summed E-state index contributed by atoms with van der Waals surface area (Å²) in [6, 6.07) is 0. The van der Waals surface area contributed by atoms with Gasteiger partial charge in [-0.1, -0.05) is 104 Å². The second-order valence-electron chi connectivity index (χ2n) is 8.54. The fourth-order valence-corrected chi connectivity index (χ4v) is 4.58. The lowest BCUT2D eigenvalue weighted by atomic mass is 10.1. The first kappa shape index (κ1) is 24.9. The van der Waals surface area contributed by atoms with E-state index < -0.39 is 0 Å². The third-order valence-corrected chi connectivity index (χ3v) is 6.89. The smallest absolute Gasteiger partial charge is 0.166 e. The summed E-state index contributed by atoms with van der Waals surface area (Å²) in [5.41, 5.74) is 0. The van der Waals surface area contributed by atoms with Crippen molar-refractivity contribution in [2.45, 2.75) is 128 Å². The first-order chi connectivity index (χ1) is 13.1. The van der Waals surface area contributed by atoms with E-state index in [9.17, 15) is 0 Å². The monoisotopic (exact) mass is 442 g/mol. The molecule has 1 atom stereocenters. The quantitative estimate of drug-likeness (QED) is 0.119. The van der Waals surface area contributed by atoms with Crippen molar-refractivity contribution in [2.24, 2.45) is 0 Å². The molecule has 1 unspecified atom stereocenters. The van der Waals surface area contributed by atoms with Crippen LogP contribution >= 0.6 is 15.9 Å². The van der Waals surface area contributed by atoms with Crippen molar-refractivity contribution in [3.63, 3.8) is 0 Å². The molecule has 0 fully saturated rings. The topological polar surface area (TPSA) is 6.48 Å². The summed E-state index contributed by atoms with van der Waals surface area (Å²) in [6.45, 7) is 9.22. The highest BCUT2D eigenvalue weighted by Gasteiger charge is 2.35. The van der Waals surface area contributed by atoms with E-state index in [4.69, 9.17) is 0 Å². The van der Waals surface area contributed by atoms with Crippen LogP contribution in [0.25, 0.3) is 0 Å². The van der Waals surface area contributed by atoms with Crippen LogP contribution in [0, 0.1) is 0 Å². The Kier molecular flexibility index (Phi) is 14.5. The van der Waals surface area contributed by atoms with Crippen LogP contribution in [0.1, 0.15) is 124 Å². The molecule has 1 heterocycles. The Labute approximate surface area is 179 Å². The first-order valence-corrected chi connectivity index (χ1v) is 12.8. The van der Waals surface area contributed by atoms with Crippen LogP contribution in [0.5, 0.6) is 0 Å². The lowest BCUT2D eigenvalue weighted by Crippen LogP contribution is -2.46. The second kappa shape index (κ2) is 15.7. The molecule has 1 aliphatic heterocycles. The van der Waals surface area contributed by atoms with Gasteiger partial charge in [0.25, 0.3) is 0 Å². The van der Waals surface area contributed by atoms with Crippen molar-refractivity contribution in [3.05, 3.63) is 12.4 Å². The van der Waals surface area contributed by atoms with Crippen LogP contribution in [-0.2, 0) is 0 Å². The highest BCUT2D eigenvalue weighted by atomic mass is 79.9. The molecule has 0 aromatic rings. The molecule has 1 rings (SSSR count). The van der Waals surface area contributed by atoms with Gasteiger partial charge in [0.2, 0.25) is 0 Å². The number of hydrogen-bond acceptors (Lipinski definition) is 2. The van der Waals surface area contributed by atoms with E-state index in [-0.39, 0.29) is 4.57 Å².